The summed E-state index contributed by atoms with van der Waals surface area (Å²) in [5.41, 5.74) is 0. The summed E-state index contributed by atoms with van der Waals surface area (Å²) in [6, 6.07) is 1.05. The zero-order valence-corrected chi connectivity index (χ0v) is 10.6. The van der Waals surface area contributed by atoms with Gasteiger partial charge in [0.25, 0.3) is 0 Å². The lowest BCUT2D eigenvalue weighted by Gasteiger charge is -2.17. The topological polar surface area (TPSA) is 83.7 Å². The monoisotopic (exact) mass is 256 g/mol. The van der Waals surface area contributed by atoms with Crippen molar-refractivity contribution in [3.8, 4) is 0 Å². The Balaban J connectivity index is 1.87. The maximum absolute atomic E-state index is 9.00. The first kappa shape index (κ1) is 13.3. The number of aliphatic hydroxyl groups excluding tert-OH is 1. The van der Waals surface area contributed by atoms with Crippen LogP contribution in [0, 0.1) is 0 Å². The molecule has 0 aliphatic heterocycles. The van der Waals surface area contributed by atoms with E-state index >= 15 is 0 Å². The van der Waals surface area contributed by atoms with E-state index < -0.39 is 0 Å². The Morgan fingerprint density at radius 1 is 1.44 bits per heavy atom. The first-order valence-electron chi connectivity index (χ1n) is 6.24. The van der Waals surface area contributed by atoms with Crippen LogP contribution in [0.25, 0.3) is 0 Å². The Hall–Kier alpha value is -1.18. The Morgan fingerprint density at radius 3 is 2.94 bits per heavy atom. The van der Waals surface area contributed by atoms with Crippen LogP contribution in [0.4, 0.5) is 6.01 Å². The quantitative estimate of drug-likeness (QED) is 0.631. The lowest BCUT2D eigenvalue weighted by atomic mass is 10.5. The van der Waals surface area contributed by atoms with Gasteiger partial charge in [-0.3, -0.25) is 0 Å². The van der Waals surface area contributed by atoms with Gasteiger partial charge in [-0.2, -0.15) is 0 Å². The molecule has 0 aromatic carbocycles. The third-order valence-corrected chi connectivity index (χ3v) is 2.78. The van der Waals surface area contributed by atoms with Crippen LogP contribution in [0.2, 0.25) is 0 Å². The van der Waals surface area contributed by atoms with E-state index in [1.165, 1.54) is 12.8 Å². The molecule has 0 saturated heterocycles. The van der Waals surface area contributed by atoms with Crippen molar-refractivity contribution in [3.05, 3.63) is 5.89 Å². The molecule has 7 heteroatoms. The highest BCUT2D eigenvalue weighted by Crippen LogP contribution is 2.19. The maximum atomic E-state index is 9.00. The van der Waals surface area contributed by atoms with Gasteiger partial charge in [-0.05, 0) is 12.8 Å². The minimum Gasteiger partial charge on any atom is -0.407 e. The molecule has 1 aliphatic rings. The SMILES string of the molecule is COCCN(CCO)c1nnc(CNC2CC2)o1. The van der Waals surface area contributed by atoms with Crippen LogP contribution in [0.3, 0.4) is 0 Å². The molecule has 2 rings (SSSR count). The zero-order valence-electron chi connectivity index (χ0n) is 10.6. The smallest absolute Gasteiger partial charge is 0.318 e. The molecule has 0 amide bonds. The Bertz CT molecular complexity index is 354. The van der Waals surface area contributed by atoms with Gasteiger partial charge in [-0.25, -0.2) is 0 Å². The van der Waals surface area contributed by atoms with Gasteiger partial charge in [0.2, 0.25) is 5.89 Å². The van der Waals surface area contributed by atoms with Crippen molar-refractivity contribution in [2.75, 3.05) is 38.3 Å². The summed E-state index contributed by atoms with van der Waals surface area (Å²) in [6.45, 7) is 2.28. The normalized spacial score (nSPS) is 15.0. The molecule has 0 atom stereocenters. The highest BCUT2D eigenvalue weighted by molar-refractivity contribution is 5.23. The molecular formula is C11H20N4O3. The number of aromatic nitrogens is 2. The fourth-order valence-corrected chi connectivity index (χ4v) is 1.59. The lowest BCUT2D eigenvalue weighted by molar-refractivity contribution is 0.201. The average Bonchev–Trinajstić information content (AvgIpc) is 3.10. The third kappa shape index (κ3) is 3.94. The van der Waals surface area contributed by atoms with Gasteiger partial charge in [0.1, 0.15) is 0 Å². The molecule has 2 N–H and O–H groups in total. The number of nitrogens with zero attached hydrogens (tertiary/aromatic N) is 3. The predicted molar refractivity (Wildman–Crippen MR) is 65.3 cm³/mol. The van der Waals surface area contributed by atoms with Crippen molar-refractivity contribution >= 4 is 6.01 Å². The molecule has 7 nitrogen and oxygen atoms in total. The first-order valence-corrected chi connectivity index (χ1v) is 6.24. The van der Waals surface area contributed by atoms with E-state index in [1.807, 2.05) is 4.90 Å². The van der Waals surface area contributed by atoms with Crippen molar-refractivity contribution in [2.24, 2.45) is 0 Å². The molecule has 18 heavy (non-hydrogen) atoms. The summed E-state index contributed by atoms with van der Waals surface area (Å²) in [6.07, 6.45) is 2.46. The second kappa shape index (κ2) is 6.67. The summed E-state index contributed by atoms with van der Waals surface area (Å²) in [4.78, 5) is 1.82. The molecule has 0 bridgehead atoms. The van der Waals surface area contributed by atoms with Gasteiger partial charge in [0, 0.05) is 26.2 Å². The van der Waals surface area contributed by atoms with Crippen LogP contribution in [-0.4, -0.2) is 54.8 Å². The molecule has 1 saturated carbocycles. The molecule has 0 radical (unpaired) electrons. The largest absolute Gasteiger partial charge is 0.407 e. The zero-order chi connectivity index (χ0) is 12.8. The summed E-state index contributed by atoms with van der Waals surface area (Å²) >= 11 is 0. The highest BCUT2D eigenvalue weighted by Gasteiger charge is 2.21. The van der Waals surface area contributed by atoms with Crippen molar-refractivity contribution in [3.63, 3.8) is 0 Å². The van der Waals surface area contributed by atoms with Gasteiger partial charge in [0.15, 0.2) is 0 Å². The average molecular weight is 256 g/mol. The predicted octanol–water partition coefficient (Wildman–Crippen LogP) is -0.233. The highest BCUT2D eigenvalue weighted by atomic mass is 16.5. The molecule has 1 aromatic rings. The lowest BCUT2D eigenvalue weighted by Crippen LogP contribution is -2.30. The van der Waals surface area contributed by atoms with Crippen LogP contribution in [0.1, 0.15) is 18.7 Å². The van der Waals surface area contributed by atoms with Gasteiger partial charge in [-0.15, -0.1) is 5.10 Å². The van der Waals surface area contributed by atoms with E-state index in [0.717, 1.165) is 0 Å². The van der Waals surface area contributed by atoms with Crippen molar-refractivity contribution < 1.29 is 14.3 Å². The van der Waals surface area contributed by atoms with Crippen LogP contribution in [0.15, 0.2) is 4.42 Å². The van der Waals surface area contributed by atoms with E-state index in [-0.39, 0.29) is 6.61 Å². The third-order valence-electron chi connectivity index (χ3n) is 2.78. The molecular weight excluding hydrogens is 236 g/mol. The number of anilines is 1. The van der Waals surface area contributed by atoms with E-state index in [0.29, 0.717) is 44.2 Å². The molecule has 0 unspecified atom stereocenters. The van der Waals surface area contributed by atoms with Gasteiger partial charge < -0.3 is 24.5 Å². The second-order valence-electron chi connectivity index (χ2n) is 4.34. The van der Waals surface area contributed by atoms with Crippen LogP contribution < -0.4 is 10.2 Å². The summed E-state index contributed by atoms with van der Waals surface area (Å²) in [7, 11) is 1.63. The van der Waals surface area contributed by atoms with E-state index in [9.17, 15) is 0 Å². The number of methoxy groups -OCH3 is 1. The van der Waals surface area contributed by atoms with E-state index in [1.54, 1.807) is 7.11 Å². The standard InChI is InChI=1S/C11H20N4O3/c1-17-7-5-15(4-6-16)11-14-13-10(18-11)8-12-9-2-3-9/h9,12,16H,2-8H2,1H3. The van der Waals surface area contributed by atoms with Gasteiger partial charge in [0.05, 0.1) is 19.8 Å². The number of aliphatic hydroxyl groups is 1. The van der Waals surface area contributed by atoms with Crippen molar-refractivity contribution in [2.45, 2.75) is 25.4 Å². The van der Waals surface area contributed by atoms with Gasteiger partial charge in [-0.1, -0.05) is 5.10 Å². The number of rotatable bonds is 9. The number of nitrogens with one attached hydrogen (secondary N) is 1. The van der Waals surface area contributed by atoms with E-state index in [2.05, 4.69) is 15.5 Å². The molecule has 1 fully saturated rings. The fourth-order valence-electron chi connectivity index (χ4n) is 1.59. The molecule has 102 valence electrons. The van der Waals surface area contributed by atoms with Crippen LogP contribution in [0.5, 0.6) is 0 Å². The number of hydrogen-bond donors (Lipinski definition) is 2. The molecule has 1 aliphatic carbocycles. The molecule has 1 heterocycles. The summed E-state index contributed by atoms with van der Waals surface area (Å²) in [5, 5.41) is 20.3. The Morgan fingerprint density at radius 2 is 2.28 bits per heavy atom. The van der Waals surface area contributed by atoms with Crippen LogP contribution >= 0.6 is 0 Å². The Kier molecular flexibility index (Phi) is 4.91. The number of hydrogen-bond acceptors (Lipinski definition) is 7. The fraction of sp³-hybridized carbons (Fsp3) is 0.818. The van der Waals surface area contributed by atoms with Crippen molar-refractivity contribution in [1.29, 1.82) is 0 Å². The molecule has 0 spiro atoms. The number of ether oxygens (including phenoxy) is 1. The maximum Gasteiger partial charge on any atom is 0.318 e. The minimum atomic E-state index is 0.0434. The second-order valence-corrected chi connectivity index (χ2v) is 4.34. The van der Waals surface area contributed by atoms with Gasteiger partial charge >= 0.3 is 6.01 Å². The van der Waals surface area contributed by atoms with Crippen LogP contribution in [-0.2, 0) is 11.3 Å². The summed E-state index contributed by atoms with van der Waals surface area (Å²) < 4.78 is 10.6. The van der Waals surface area contributed by atoms with E-state index in [4.69, 9.17) is 14.3 Å². The minimum absolute atomic E-state index is 0.0434. The first-order chi connectivity index (χ1) is 8.83. The van der Waals surface area contributed by atoms with Crippen molar-refractivity contribution in [1.82, 2.24) is 15.5 Å². The Labute approximate surface area is 106 Å². The summed E-state index contributed by atoms with van der Waals surface area (Å²) in [5.74, 6) is 0.581. The molecule has 1 aromatic heterocycles.